The first-order chi connectivity index (χ1) is 9.74. The minimum Gasteiger partial charge on any atom is -0.492 e. The summed E-state index contributed by atoms with van der Waals surface area (Å²) in [4.78, 5) is 2.50. The Bertz CT molecular complexity index is 408. The van der Waals surface area contributed by atoms with Crippen LogP contribution in [0.5, 0.6) is 5.75 Å². The summed E-state index contributed by atoms with van der Waals surface area (Å²) in [6.45, 7) is 8.03. The van der Waals surface area contributed by atoms with E-state index in [-0.39, 0.29) is 0 Å². The third kappa shape index (κ3) is 3.97. The van der Waals surface area contributed by atoms with Gasteiger partial charge in [0.1, 0.15) is 12.4 Å². The topological polar surface area (TPSA) is 38.5 Å². The number of rotatable bonds is 6. The van der Waals surface area contributed by atoms with Crippen LogP contribution in [-0.4, -0.2) is 37.2 Å². The van der Waals surface area contributed by atoms with Gasteiger partial charge in [-0.3, -0.25) is 4.90 Å². The number of nitrogens with two attached hydrogens (primary N) is 1. The second-order valence-corrected chi connectivity index (χ2v) is 5.84. The molecule has 3 heteroatoms. The SMILES string of the molecule is CCC1CCN(CCOc2ccccc2C)C(CN)C1. The Morgan fingerprint density at radius 2 is 2.15 bits per heavy atom. The zero-order valence-electron chi connectivity index (χ0n) is 12.8. The van der Waals surface area contributed by atoms with Crippen molar-refractivity contribution in [3.05, 3.63) is 29.8 Å². The summed E-state index contributed by atoms with van der Waals surface area (Å²) < 4.78 is 5.90. The maximum absolute atomic E-state index is 5.94. The first kappa shape index (κ1) is 15.3. The summed E-state index contributed by atoms with van der Waals surface area (Å²) in [5.74, 6) is 1.86. The molecule has 20 heavy (non-hydrogen) atoms. The van der Waals surface area contributed by atoms with Gasteiger partial charge >= 0.3 is 0 Å². The van der Waals surface area contributed by atoms with Crippen molar-refractivity contribution in [2.75, 3.05) is 26.2 Å². The summed E-state index contributed by atoms with van der Waals surface area (Å²) in [6.07, 6.45) is 3.83. The van der Waals surface area contributed by atoms with Crippen LogP contribution in [0.2, 0.25) is 0 Å². The van der Waals surface area contributed by atoms with Crippen molar-refractivity contribution in [2.24, 2.45) is 11.7 Å². The van der Waals surface area contributed by atoms with Crippen LogP contribution in [-0.2, 0) is 0 Å². The average molecular weight is 276 g/mol. The van der Waals surface area contributed by atoms with Crippen molar-refractivity contribution in [3.8, 4) is 5.75 Å². The monoisotopic (exact) mass is 276 g/mol. The Balaban J connectivity index is 1.80. The maximum atomic E-state index is 5.94. The molecule has 0 aromatic heterocycles. The molecule has 1 fully saturated rings. The fourth-order valence-corrected chi connectivity index (χ4v) is 3.08. The number of benzene rings is 1. The predicted molar refractivity (Wildman–Crippen MR) is 84.1 cm³/mol. The molecule has 0 saturated carbocycles. The lowest BCUT2D eigenvalue weighted by atomic mass is 9.89. The highest BCUT2D eigenvalue weighted by atomic mass is 16.5. The minimum absolute atomic E-state index is 0.536. The molecular formula is C17H28N2O. The Morgan fingerprint density at radius 3 is 2.85 bits per heavy atom. The van der Waals surface area contributed by atoms with Crippen molar-refractivity contribution < 1.29 is 4.74 Å². The maximum Gasteiger partial charge on any atom is 0.122 e. The van der Waals surface area contributed by atoms with Crippen LogP contribution in [0, 0.1) is 12.8 Å². The van der Waals surface area contributed by atoms with E-state index in [1.807, 2.05) is 18.2 Å². The van der Waals surface area contributed by atoms with Gasteiger partial charge in [-0.15, -0.1) is 0 Å². The third-order valence-electron chi connectivity index (χ3n) is 4.53. The minimum atomic E-state index is 0.536. The highest BCUT2D eigenvalue weighted by Crippen LogP contribution is 2.24. The Hall–Kier alpha value is -1.06. The van der Waals surface area contributed by atoms with Gasteiger partial charge in [-0.1, -0.05) is 31.5 Å². The molecule has 1 heterocycles. The molecule has 1 aliphatic rings. The van der Waals surface area contributed by atoms with Gasteiger partial charge in [0.2, 0.25) is 0 Å². The van der Waals surface area contributed by atoms with E-state index in [4.69, 9.17) is 10.5 Å². The van der Waals surface area contributed by atoms with E-state index in [1.54, 1.807) is 0 Å². The van der Waals surface area contributed by atoms with E-state index in [0.717, 1.165) is 37.9 Å². The first-order valence-electron chi connectivity index (χ1n) is 7.87. The molecular weight excluding hydrogens is 248 g/mol. The van der Waals surface area contributed by atoms with Gasteiger partial charge < -0.3 is 10.5 Å². The molecule has 1 saturated heterocycles. The van der Waals surface area contributed by atoms with E-state index >= 15 is 0 Å². The van der Waals surface area contributed by atoms with E-state index < -0.39 is 0 Å². The molecule has 0 bridgehead atoms. The molecule has 0 radical (unpaired) electrons. The molecule has 2 unspecified atom stereocenters. The van der Waals surface area contributed by atoms with Crippen LogP contribution < -0.4 is 10.5 Å². The predicted octanol–water partition coefficient (Wildman–Crippen LogP) is 2.82. The lowest BCUT2D eigenvalue weighted by Crippen LogP contribution is -2.48. The van der Waals surface area contributed by atoms with Gasteiger partial charge in [0.05, 0.1) is 0 Å². The Kier molecular flexibility index (Phi) is 5.86. The zero-order chi connectivity index (χ0) is 14.4. The number of hydrogen-bond donors (Lipinski definition) is 1. The van der Waals surface area contributed by atoms with Crippen molar-refractivity contribution >= 4 is 0 Å². The molecule has 3 nitrogen and oxygen atoms in total. The average Bonchev–Trinajstić information content (AvgIpc) is 2.49. The molecule has 2 rings (SSSR count). The number of likely N-dealkylation sites (tertiary alicyclic amines) is 1. The molecule has 1 aromatic carbocycles. The second-order valence-electron chi connectivity index (χ2n) is 5.84. The largest absolute Gasteiger partial charge is 0.492 e. The molecule has 2 atom stereocenters. The van der Waals surface area contributed by atoms with Crippen LogP contribution in [0.4, 0.5) is 0 Å². The van der Waals surface area contributed by atoms with Gasteiger partial charge in [0.25, 0.3) is 0 Å². The number of ether oxygens (including phenoxy) is 1. The molecule has 112 valence electrons. The second kappa shape index (κ2) is 7.65. The third-order valence-corrected chi connectivity index (χ3v) is 4.53. The number of hydrogen-bond acceptors (Lipinski definition) is 3. The summed E-state index contributed by atoms with van der Waals surface area (Å²) in [5.41, 5.74) is 7.14. The normalized spacial score (nSPS) is 23.8. The van der Waals surface area contributed by atoms with Gasteiger partial charge in [0.15, 0.2) is 0 Å². The fraction of sp³-hybridized carbons (Fsp3) is 0.647. The smallest absolute Gasteiger partial charge is 0.122 e. The van der Waals surface area contributed by atoms with Crippen molar-refractivity contribution in [1.29, 1.82) is 0 Å². The number of nitrogens with zero attached hydrogens (tertiary/aromatic N) is 1. The summed E-state index contributed by atoms with van der Waals surface area (Å²) in [5, 5.41) is 0. The van der Waals surface area contributed by atoms with Gasteiger partial charge in [-0.2, -0.15) is 0 Å². The van der Waals surface area contributed by atoms with Gasteiger partial charge in [-0.05, 0) is 43.9 Å². The molecule has 0 aliphatic carbocycles. The molecule has 0 spiro atoms. The van der Waals surface area contributed by atoms with Crippen LogP contribution in [0.1, 0.15) is 31.7 Å². The van der Waals surface area contributed by atoms with Crippen molar-refractivity contribution in [1.82, 2.24) is 4.90 Å². The van der Waals surface area contributed by atoms with Crippen molar-refractivity contribution in [2.45, 2.75) is 39.2 Å². The van der Waals surface area contributed by atoms with Crippen LogP contribution in [0.25, 0.3) is 0 Å². The van der Waals surface area contributed by atoms with Gasteiger partial charge in [-0.25, -0.2) is 0 Å². The van der Waals surface area contributed by atoms with Crippen LogP contribution in [0.15, 0.2) is 24.3 Å². The lowest BCUT2D eigenvalue weighted by Gasteiger charge is -2.38. The highest BCUT2D eigenvalue weighted by Gasteiger charge is 2.26. The molecule has 1 aromatic rings. The molecule has 2 N–H and O–H groups in total. The van der Waals surface area contributed by atoms with E-state index in [0.29, 0.717) is 6.04 Å². The Labute approximate surface area is 123 Å². The van der Waals surface area contributed by atoms with E-state index in [2.05, 4.69) is 24.8 Å². The van der Waals surface area contributed by atoms with Crippen LogP contribution >= 0.6 is 0 Å². The standard InChI is InChI=1S/C17H28N2O/c1-3-15-8-9-19(16(12-15)13-18)10-11-20-17-7-5-4-6-14(17)2/h4-7,15-16H,3,8-13,18H2,1-2H3. The zero-order valence-corrected chi connectivity index (χ0v) is 12.8. The van der Waals surface area contributed by atoms with Gasteiger partial charge in [0, 0.05) is 19.1 Å². The summed E-state index contributed by atoms with van der Waals surface area (Å²) >= 11 is 0. The molecule has 1 aliphatic heterocycles. The van der Waals surface area contributed by atoms with E-state index in [1.165, 1.54) is 24.8 Å². The highest BCUT2D eigenvalue weighted by molar-refractivity contribution is 5.31. The fourth-order valence-electron chi connectivity index (χ4n) is 3.08. The lowest BCUT2D eigenvalue weighted by molar-refractivity contribution is 0.0968. The first-order valence-corrected chi connectivity index (χ1v) is 7.87. The van der Waals surface area contributed by atoms with Crippen LogP contribution in [0.3, 0.4) is 0 Å². The quantitative estimate of drug-likeness (QED) is 0.868. The number of para-hydroxylation sites is 1. The molecule has 0 amide bonds. The number of aryl methyl sites for hydroxylation is 1. The van der Waals surface area contributed by atoms with E-state index in [9.17, 15) is 0 Å². The van der Waals surface area contributed by atoms with Crippen molar-refractivity contribution in [3.63, 3.8) is 0 Å². The number of piperidine rings is 1. The summed E-state index contributed by atoms with van der Waals surface area (Å²) in [6, 6.07) is 8.73. The summed E-state index contributed by atoms with van der Waals surface area (Å²) in [7, 11) is 0. The Morgan fingerprint density at radius 1 is 1.35 bits per heavy atom.